The van der Waals surface area contributed by atoms with Crippen LogP contribution in [-0.2, 0) is 4.74 Å². The summed E-state index contributed by atoms with van der Waals surface area (Å²) < 4.78 is 11.0. The molecule has 1 fully saturated rings. The van der Waals surface area contributed by atoms with E-state index in [1.165, 1.54) is 0 Å². The monoisotopic (exact) mass is 292 g/mol. The molecule has 0 saturated carbocycles. The van der Waals surface area contributed by atoms with Crippen LogP contribution in [0.1, 0.15) is 25.8 Å². The van der Waals surface area contributed by atoms with Crippen LogP contribution in [0, 0.1) is 6.92 Å². The molecule has 1 unspecified atom stereocenters. The number of morpholine rings is 1. The fraction of sp³-hybridized carbons (Fsp3) is 0.562. The molecule has 0 aromatic heterocycles. The molecular formula is C16H24N2O3. The van der Waals surface area contributed by atoms with E-state index in [2.05, 4.69) is 12.2 Å². The third-order valence-electron chi connectivity index (χ3n) is 3.70. The van der Waals surface area contributed by atoms with Gasteiger partial charge in [0.2, 0.25) is 0 Å². The van der Waals surface area contributed by atoms with Gasteiger partial charge >= 0.3 is 6.03 Å². The van der Waals surface area contributed by atoms with Crippen molar-refractivity contribution in [1.29, 1.82) is 0 Å². The van der Waals surface area contributed by atoms with Crippen molar-refractivity contribution in [2.24, 2.45) is 0 Å². The summed E-state index contributed by atoms with van der Waals surface area (Å²) >= 11 is 0. The molecule has 0 spiro atoms. The van der Waals surface area contributed by atoms with Gasteiger partial charge in [-0.05, 0) is 31.9 Å². The number of hydrogen-bond donors (Lipinski definition) is 1. The van der Waals surface area contributed by atoms with Crippen molar-refractivity contribution in [1.82, 2.24) is 4.90 Å². The van der Waals surface area contributed by atoms with E-state index in [1.807, 2.05) is 36.9 Å². The Morgan fingerprint density at radius 3 is 3.00 bits per heavy atom. The third kappa shape index (κ3) is 3.88. The number of nitrogens with one attached hydrogen (secondary N) is 1. The van der Waals surface area contributed by atoms with E-state index >= 15 is 0 Å². The Morgan fingerprint density at radius 1 is 1.48 bits per heavy atom. The van der Waals surface area contributed by atoms with Crippen LogP contribution in [0.4, 0.5) is 10.5 Å². The average molecular weight is 292 g/mol. The van der Waals surface area contributed by atoms with E-state index in [0.717, 1.165) is 23.4 Å². The number of carbonyl (C=O) groups excluding carboxylic acids is 1. The van der Waals surface area contributed by atoms with Gasteiger partial charge in [0.25, 0.3) is 0 Å². The summed E-state index contributed by atoms with van der Waals surface area (Å²) in [7, 11) is 0. The standard InChI is InChI=1S/C16H24N2O3/c1-4-14-11-20-9-8-18(14)16(19)17-13-7-6-12(3)15(10-13)21-5-2/h6-7,10,14H,4-5,8-9,11H2,1-3H3,(H,17,19). The van der Waals surface area contributed by atoms with Gasteiger partial charge in [0.15, 0.2) is 0 Å². The van der Waals surface area contributed by atoms with E-state index in [0.29, 0.717) is 26.4 Å². The second kappa shape index (κ2) is 7.31. The first kappa shape index (κ1) is 15.6. The smallest absolute Gasteiger partial charge is 0.322 e. The summed E-state index contributed by atoms with van der Waals surface area (Å²) in [6, 6.07) is 5.80. The van der Waals surface area contributed by atoms with Gasteiger partial charge in [-0.3, -0.25) is 0 Å². The molecule has 2 rings (SSSR count). The van der Waals surface area contributed by atoms with E-state index < -0.39 is 0 Å². The minimum Gasteiger partial charge on any atom is -0.494 e. The van der Waals surface area contributed by atoms with Gasteiger partial charge in [-0.25, -0.2) is 4.79 Å². The van der Waals surface area contributed by atoms with Crippen LogP contribution in [0.25, 0.3) is 0 Å². The SMILES string of the molecule is CCOc1cc(NC(=O)N2CCOCC2CC)ccc1C. The third-order valence-corrected chi connectivity index (χ3v) is 3.70. The van der Waals surface area contributed by atoms with Crippen LogP contribution < -0.4 is 10.1 Å². The lowest BCUT2D eigenvalue weighted by Gasteiger charge is -2.35. The Bertz CT molecular complexity index is 490. The minimum atomic E-state index is -0.0727. The number of hydrogen-bond acceptors (Lipinski definition) is 3. The maximum Gasteiger partial charge on any atom is 0.322 e. The Hall–Kier alpha value is -1.75. The maximum absolute atomic E-state index is 12.4. The van der Waals surface area contributed by atoms with Crippen molar-refractivity contribution in [3.63, 3.8) is 0 Å². The van der Waals surface area contributed by atoms with Crippen molar-refractivity contribution in [2.75, 3.05) is 31.7 Å². The first-order valence-corrected chi connectivity index (χ1v) is 7.54. The largest absolute Gasteiger partial charge is 0.494 e. The van der Waals surface area contributed by atoms with Crippen LogP contribution in [0.5, 0.6) is 5.75 Å². The lowest BCUT2D eigenvalue weighted by molar-refractivity contribution is 0.0144. The molecule has 5 nitrogen and oxygen atoms in total. The number of anilines is 1. The van der Waals surface area contributed by atoms with Gasteiger partial charge in [-0.2, -0.15) is 0 Å². The van der Waals surface area contributed by atoms with Gasteiger partial charge in [0.05, 0.1) is 25.9 Å². The molecule has 0 aliphatic carbocycles. The minimum absolute atomic E-state index is 0.0727. The van der Waals surface area contributed by atoms with Gasteiger partial charge in [-0.1, -0.05) is 13.0 Å². The quantitative estimate of drug-likeness (QED) is 0.928. The Labute approximate surface area is 126 Å². The lowest BCUT2D eigenvalue weighted by atomic mass is 10.2. The van der Waals surface area contributed by atoms with E-state index in [-0.39, 0.29) is 12.1 Å². The van der Waals surface area contributed by atoms with Crippen LogP contribution in [0.3, 0.4) is 0 Å². The number of amides is 2. The van der Waals surface area contributed by atoms with E-state index in [4.69, 9.17) is 9.47 Å². The molecule has 1 atom stereocenters. The average Bonchev–Trinajstić information content (AvgIpc) is 2.50. The number of nitrogens with zero attached hydrogens (tertiary/aromatic N) is 1. The highest BCUT2D eigenvalue weighted by Crippen LogP contribution is 2.23. The second-order valence-electron chi connectivity index (χ2n) is 5.17. The summed E-state index contributed by atoms with van der Waals surface area (Å²) in [6.45, 7) is 8.47. The molecule has 5 heteroatoms. The first-order chi connectivity index (χ1) is 10.2. The van der Waals surface area contributed by atoms with Crippen molar-refractivity contribution in [3.8, 4) is 5.75 Å². The summed E-state index contributed by atoms with van der Waals surface area (Å²) in [4.78, 5) is 14.3. The highest BCUT2D eigenvalue weighted by atomic mass is 16.5. The van der Waals surface area contributed by atoms with Gasteiger partial charge < -0.3 is 19.7 Å². The Morgan fingerprint density at radius 2 is 2.29 bits per heavy atom. The van der Waals surface area contributed by atoms with Crippen LogP contribution in [0.2, 0.25) is 0 Å². The number of rotatable bonds is 4. The Balaban J connectivity index is 2.06. The summed E-state index contributed by atoms with van der Waals surface area (Å²) in [5, 5.41) is 2.95. The zero-order valence-corrected chi connectivity index (χ0v) is 13.0. The molecule has 1 saturated heterocycles. The van der Waals surface area contributed by atoms with Gasteiger partial charge in [-0.15, -0.1) is 0 Å². The van der Waals surface area contributed by atoms with Crippen molar-refractivity contribution in [2.45, 2.75) is 33.2 Å². The van der Waals surface area contributed by atoms with E-state index in [9.17, 15) is 4.79 Å². The predicted octanol–water partition coefficient (Wildman–Crippen LogP) is 3.04. The number of aryl methyl sites for hydroxylation is 1. The normalized spacial score (nSPS) is 18.4. The number of benzene rings is 1. The number of carbonyl (C=O) groups is 1. The topological polar surface area (TPSA) is 50.8 Å². The molecule has 1 aromatic rings. The first-order valence-electron chi connectivity index (χ1n) is 7.54. The lowest BCUT2D eigenvalue weighted by Crippen LogP contribution is -2.50. The molecule has 1 aromatic carbocycles. The molecular weight excluding hydrogens is 268 g/mol. The van der Waals surface area contributed by atoms with Gasteiger partial charge in [0, 0.05) is 18.3 Å². The summed E-state index contributed by atoms with van der Waals surface area (Å²) in [5.41, 5.74) is 1.82. The summed E-state index contributed by atoms with van der Waals surface area (Å²) in [6.07, 6.45) is 0.894. The van der Waals surface area contributed by atoms with Crippen molar-refractivity contribution in [3.05, 3.63) is 23.8 Å². The van der Waals surface area contributed by atoms with Gasteiger partial charge in [0.1, 0.15) is 5.75 Å². The molecule has 116 valence electrons. The second-order valence-corrected chi connectivity index (χ2v) is 5.17. The van der Waals surface area contributed by atoms with Crippen LogP contribution >= 0.6 is 0 Å². The molecule has 1 N–H and O–H groups in total. The fourth-order valence-electron chi connectivity index (χ4n) is 2.44. The zero-order valence-electron chi connectivity index (χ0n) is 13.0. The highest BCUT2D eigenvalue weighted by molar-refractivity contribution is 5.90. The molecule has 21 heavy (non-hydrogen) atoms. The number of ether oxygens (including phenoxy) is 2. The number of urea groups is 1. The molecule has 1 aliphatic heterocycles. The van der Waals surface area contributed by atoms with E-state index in [1.54, 1.807) is 0 Å². The van der Waals surface area contributed by atoms with Crippen molar-refractivity contribution < 1.29 is 14.3 Å². The van der Waals surface area contributed by atoms with Crippen LogP contribution in [0.15, 0.2) is 18.2 Å². The maximum atomic E-state index is 12.4. The zero-order chi connectivity index (χ0) is 15.2. The predicted molar refractivity (Wildman–Crippen MR) is 83.0 cm³/mol. The molecule has 0 radical (unpaired) electrons. The Kier molecular flexibility index (Phi) is 5.44. The fourth-order valence-corrected chi connectivity index (χ4v) is 2.44. The molecule has 1 aliphatic rings. The molecule has 0 bridgehead atoms. The molecule has 2 amide bonds. The summed E-state index contributed by atoms with van der Waals surface area (Å²) in [5.74, 6) is 0.810. The van der Waals surface area contributed by atoms with Crippen molar-refractivity contribution >= 4 is 11.7 Å². The highest BCUT2D eigenvalue weighted by Gasteiger charge is 2.25. The molecule has 1 heterocycles. The van der Waals surface area contributed by atoms with Crippen LogP contribution in [-0.4, -0.2) is 43.3 Å².